The number of azide groups is 1. The number of nitrogens with zero attached hydrogens (tertiary/aromatic N) is 4. The molecular formula is C13H16N4O2S. The quantitative estimate of drug-likeness (QED) is 0.270. The Morgan fingerprint density at radius 2 is 2.40 bits per heavy atom. The number of hydrogen-bond acceptors (Lipinski definition) is 5. The highest BCUT2D eigenvalue weighted by Crippen LogP contribution is 2.36. The third-order valence-electron chi connectivity index (χ3n) is 3.16. The van der Waals surface area contributed by atoms with Crippen LogP contribution in [0.1, 0.15) is 48.4 Å². The van der Waals surface area contributed by atoms with Crippen LogP contribution >= 0.6 is 11.3 Å². The molecule has 1 saturated carbocycles. The van der Waals surface area contributed by atoms with Crippen LogP contribution < -0.4 is 0 Å². The molecule has 1 fully saturated rings. The summed E-state index contributed by atoms with van der Waals surface area (Å²) >= 11 is 1.54. The number of rotatable bonds is 5. The second kappa shape index (κ2) is 7.07. The van der Waals surface area contributed by atoms with Crippen LogP contribution in [0.25, 0.3) is 16.5 Å². The van der Waals surface area contributed by atoms with Crippen LogP contribution in [0.2, 0.25) is 0 Å². The van der Waals surface area contributed by atoms with E-state index < -0.39 is 5.97 Å². The maximum absolute atomic E-state index is 11.6. The summed E-state index contributed by atoms with van der Waals surface area (Å²) in [6.07, 6.45) is 8.11. The number of carbonyl (C=O) groups excluding carboxylic acids is 1. The number of ether oxygens (including phenoxy) is 1. The summed E-state index contributed by atoms with van der Waals surface area (Å²) in [6.45, 7) is 1.95. The fraction of sp³-hybridized carbons (Fsp3) is 0.538. The molecule has 1 aromatic heterocycles. The molecule has 0 saturated heterocycles. The van der Waals surface area contributed by atoms with Crippen molar-refractivity contribution < 1.29 is 9.53 Å². The standard InChI is InChI=1S/C13H16N4O2S/c1-2-19-13(18)11(16-17-14)7-10-8-15-12(20-10)9-5-3-4-6-9/h7-9H,2-6H2,1H3/b11-7-. The molecule has 0 unspecified atom stereocenters. The fourth-order valence-corrected chi connectivity index (χ4v) is 3.27. The van der Waals surface area contributed by atoms with Crippen molar-refractivity contribution in [3.63, 3.8) is 0 Å². The molecule has 1 aliphatic rings. The number of hydrogen-bond donors (Lipinski definition) is 0. The molecule has 1 aliphatic carbocycles. The molecule has 106 valence electrons. The third-order valence-corrected chi connectivity index (χ3v) is 4.27. The molecule has 0 bridgehead atoms. The predicted molar refractivity (Wildman–Crippen MR) is 77.1 cm³/mol. The van der Waals surface area contributed by atoms with Crippen LogP contribution in [0.4, 0.5) is 0 Å². The number of esters is 1. The molecule has 2 rings (SSSR count). The van der Waals surface area contributed by atoms with E-state index in [1.54, 1.807) is 24.5 Å². The van der Waals surface area contributed by atoms with Gasteiger partial charge in [-0.3, -0.25) is 0 Å². The molecule has 20 heavy (non-hydrogen) atoms. The van der Waals surface area contributed by atoms with Crippen LogP contribution in [0.3, 0.4) is 0 Å². The summed E-state index contributed by atoms with van der Waals surface area (Å²) in [7, 11) is 0. The summed E-state index contributed by atoms with van der Waals surface area (Å²) in [5.41, 5.74) is 8.48. The minimum atomic E-state index is -0.610. The zero-order chi connectivity index (χ0) is 14.4. The monoisotopic (exact) mass is 292 g/mol. The predicted octanol–water partition coefficient (Wildman–Crippen LogP) is 4.02. The third kappa shape index (κ3) is 3.59. The first-order valence-electron chi connectivity index (χ1n) is 6.64. The Labute approximate surface area is 121 Å². The van der Waals surface area contributed by atoms with Crippen molar-refractivity contribution in [2.75, 3.05) is 6.61 Å². The van der Waals surface area contributed by atoms with Crippen molar-refractivity contribution in [1.29, 1.82) is 0 Å². The first-order valence-corrected chi connectivity index (χ1v) is 7.46. The van der Waals surface area contributed by atoms with Crippen molar-refractivity contribution >= 4 is 23.4 Å². The Kier molecular flexibility index (Phi) is 5.15. The molecule has 1 aromatic rings. The average Bonchev–Trinajstić information content (AvgIpc) is 3.09. The highest BCUT2D eigenvalue weighted by molar-refractivity contribution is 7.12. The SMILES string of the molecule is CCOC(=O)/C(=C/c1cnc(C2CCCC2)s1)N=[N+]=[N-]. The van der Waals surface area contributed by atoms with Crippen molar-refractivity contribution in [2.24, 2.45) is 5.11 Å². The van der Waals surface area contributed by atoms with Gasteiger partial charge in [0.05, 0.1) is 11.6 Å². The van der Waals surface area contributed by atoms with Gasteiger partial charge in [-0.1, -0.05) is 18.0 Å². The number of carbonyl (C=O) groups is 1. The van der Waals surface area contributed by atoms with Crippen molar-refractivity contribution in [2.45, 2.75) is 38.5 Å². The Hall–Kier alpha value is -1.85. The molecule has 1 heterocycles. The van der Waals surface area contributed by atoms with E-state index in [1.807, 2.05) is 0 Å². The van der Waals surface area contributed by atoms with E-state index in [0.717, 1.165) is 9.88 Å². The van der Waals surface area contributed by atoms with Gasteiger partial charge in [0.25, 0.3) is 0 Å². The summed E-state index contributed by atoms with van der Waals surface area (Å²) in [5.74, 6) is -0.0752. The Balaban J connectivity index is 2.18. The largest absolute Gasteiger partial charge is 0.462 e. The molecule has 0 N–H and O–H groups in total. The molecule has 0 aromatic carbocycles. The topological polar surface area (TPSA) is 88.0 Å². The lowest BCUT2D eigenvalue weighted by molar-refractivity contribution is -0.138. The van der Waals surface area contributed by atoms with Gasteiger partial charge in [-0.15, -0.1) is 11.3 Å². The van der Waals surface area contributed by atoms with E-state index in [0.29, 0.717) is 5.92 Å². The summed E-state index contributed by atoms with van der Waals surface area (Å²) in [4.78, 5) is 19.5. The molecule has 0 aliphatic heterocycles. The van der Waals surface area contributed by atoms with E-state index in [2.05, 4.69) is 15.0 Å². The molecule has 6 nitrogen and oxygen atoms in total. The molecule has 0 amide bonds. The van der Waals surface area contributed by atoms with Gasteiger partial charge in [0.1, 0.15) is 5.70 Å². The minimum Gasteiger partial charge on any atom is -0.462 e. The van der Waals surface area contributed by atoms with E-state index in [1.165, 1.54) is 31.8 Å². The van der Waals surface area contributed by atoms with Gasteiger partial charge in [-0.2, -0.15) is 0 Å². The molecule has 0 radical (unpaired) electrons. The fourth-order valence-electron chi connectivity index (χ4n) is 2.25. The van der Waals surface area contributed by atoms with E-state index in [4.69, 9.17) is 10.3 Å². The summed E-state index contributed by atoms with van der Waals surface area (Å²) in [6, 6.07) is 0. The van der Waals surface area contributed by atoms with Crippen LogP contribution in [-0.2, 0) is 9.53 Å². The van der Waals surface area contributed by atoms with Crippen molar-refractivity contribution in [1.82, 2.24) is 4.98 Å². The molecule has 0 spiro atoms. The van der Waals surface area contributed by atoms with Crippen LogP contribution in [-0.4, -0.2) is 17.6 Å². The van der Waals surface area contributed by atoms with Gasteiger partial charge in [-0.25, -0.2) is 9.78 Å². The molecule has 7 heteroatoms. The highest BCUT2D eigenvalue weighted by Gasteiger charge is 2.20. The van der Waals surface area contributed by atoms with Gasteiger partial charge in [0, 0.05) is 21.9 Å². The summed E-state index contributed by atoms with van der Waals surface area (Å²) in [5, 5.41) is 4.49. The normalized spacial score (nSPS) is 15.9. The second-order valence-electron chi connectivity index (χ2n) is 4.52. The highest BCUT2D eigenvalue weighted by atomic mass is 32.1. The number of aromatic nitrogens is 1. The summed E-state index contributed by atoms with van der Waals surface area (Å²) < 4.78 is 4.85. The molecular weight excluding hydrogens is 276 g/mol. The Morgan fingerprint density at radius 1 is 1.65 bits per heavy atom. The smallest absolute Gasteiger partial charge is 0.340 e. The van der Waals surface area contributed by atoms with E-state index >= 15 is 0 Å². The number of thiazole rings is 1. The van der Waals surface area contributed by atoms with Crippen molar-refractivity contribution in [3.8, 4) is 0 Å². The average molecular weight is 292 g/mol. The Morgan fingerprint density at radius 3 is 3.05 bits per heavy atom. The minimum absolute atomic E-state index is 0.0315. The van der Waals surface area contributed by atoms with Gasteiger partial charge in [0.2, 0.25) is 0 Å². The van der Waals surface area contributed by atoms with E-state index in [9.17, 15) is 4.79 Å². The van der Waals surface area contributed by atoms with Gasteiger partial charge < -0.3 is 4.74 Å². The lowest BCUT2D eigenvalue weighted by atomic mass is 10.1. The lowest BCUT2D eigenvalue weighted by Crippen LogP contribution is -2.05. The van der Waals surface area contributed by atoms with Gasteiger partial charge in [0.15, 0.2) is 0 Å². The van der Waals surface area contributed by atoms with Gasteiger partial charge >= 0.3 is 5.97 Å². The second-order valence-corrected chi connectivity index (χ2v) is 5.62. The van der Waals surface area contributed by atoms with E-state index in [-0.39, 0.29) is 12.3 Å². The van der Waals surface area contributed by atoms with Crippen LogP contribution in [0.5, 0.6) is 0 Å². The van der Waals surface area contributed by atoms with Gasteiger partial charge in [-0.05, 0) is 31.4 Å². The van der Waals surface area contributed by atoms with Crippen LogP contribution in [0, 0.1) is 0 Å². The van der Waals surface area contributed by atoms with Crippen molar-refractivity contribution in [3.05, 3.63) is 32.2 Å². The lowest BCUT2D eigenvalue weighted by Gasteiger charge is -2.02. The first-order chi connectivity index (χ1) is 9.74. The zero-order valence-corrected chi connectivity index (χ0v) is 12.1. The molecule has 0 atom stereocenters. The maximum atomic E-state index is 11.6. The maximum Gasteiger partial charge on any atom is 0.340 e. The Bertz CT molecular complexity index is 554. The first kappa shape index (κ1) is 14.6. The van der Waals surface area contributed by atoms with Crippen LogP contribution in [0.15, 0.2) is 17.0 Å². The zero-order valence-electron chi connectivity index (χ0n) is 11.3.